The van der Waals surface area contributed by atoms with E-state index >= 15 is 0 Å². The third kappa shape index (κ3) is 8.88. The maximum absolute atomic E-state index is 13.7. The number of pyridine rings is 2. The van der Waals surface area contributed by atoms with E-state index in [-0.39, 0.29) is 30.0 Å². The molecule has 3 aliphatic rings. The van der Waals surface area contributed by atoms with Crippen LogP contribution in [-0.4, -0.2) is 75.7 Å². The number of hydrogen-bond acceptors (Lipinski definition) is 7. The molecule has 1 saturated heterocycles. The molecule has 288 valence electrons. The van der Waals surface area contributed by atoms with Gasteiger partial charge >= 0.3 is 0 Å². The zero-order chi connectivity index (χ0) is 37.8. The van der Waals surface area contributed by atoms with Crippen molar-refractivity contribution in [1.82, 2.24) is 35.3 Å². The number of nitrogens with one attached hydrogen (secondary N) is 3. The maximum atomic E-state index is 13.7. The molecule has 2 bridgehead atoms. The monoisotopic (exact) mass is 734 g/mol. The average molecular weight is 735 g/mol. The van der Waals surface area contributed by atoms with Gasteiger partial charge in [0.15, 0.2) is 0 Å². The zero-order valence-electron chi connectivity index (χ0n) is 32.6. The van der Waals surface area contributed by atoms with Gasteiger partial charge in [-0.15, -0.1) is 0 Å². The molecule has 2 atom stereocenters. The zero-order valence-corrected chi connectivity index (χ0v) is 32.6. The first-order valence-corrected chi connectivity index (χ1v) is 20.3. The molecule has 4 heterocycles. The lowest BCUT2D eigenvalue weighted by atomic mass is 9.67. The summed E-state index contributed by atoms with van der Waals surface area (Å²) in [7, 11) is 0. The number of H-pyrrole nitrogens is 1. The van der Waals surface area contributed by atoms with E-state index in [1.807, 2.05) is 36.9 Å². The Morgan fingerprint density at radius 3 is 2.43 bits per heavy atom. The quantitative estimate of drug-likeness (QED) is 0.142. The van der Waals surface area contributed by atoms with Crippen molar-refractivity contribution in [3.8, 4) is 11.1 Å². The van der Waals surface area contributed by atoms with Crippen molar-refractivity contribution in [2.45, 2.75) is 98.1 Å². The summed E-state index contributed by atoms with van der Waals surface area (Å²) in [5.41, 5.74) is 5.15. The number of amides is 2. The van der Waals surface area contributed by atoms with Crippen molar-refractivity contribution in [1.29, 1.82) is 0 Å². The lowest BCUT2D eigenvalue weighted by Gasteiger charge is -2.39. The minimum atomic E-state index is -0.261. The number of aromatic nitrogens is 4. The van der Waals surface area contributed by atoms with Crippen LogP contribution in [0.5, 0.6) is 0 Å². The number of nitrogens with zero attached hydrogens (tertiary/aromatic N) is 5. The van der Waals surface area contributed by atoms with Crippen LogP contribution in [0.4, 0.5) is 5.82 Å². The largest absolute Gasteiger partial charge is 0.355 e. The van der Waals surface area contributed by atoms with Crippen LogP contribution in [0.15, 0.2) is 47.5 Å². The van der Waals surface area contributed by atoms with Crippen LogP contribution in [0.1, 0.15) is 105 Å². The van der Waals surface area contributed by atoms with E-state index < -0.39 is 0 Å². The second kappa shape index (κ2) is 16.9. The predicted molar refractivity (Wildman–Crippen MR) is 215 cm³/mol. The van der Waals surface area contributed by atoms with Crippen molar-refractivity contribution in [3.05, 3.63) is 75.5 Å². The molecule has 4 aromatic rings. The van der Waals surface area contributed by atoms with Crippen LogP contribution in [0.25, 0.3) is 22.0 Å². The summed E-state index contributed by atoms with van der Waals surface area (Å²) < 4.78 is 1.93. The molecule has 1 aliphatic heterocycles. The number of aromatic amines is 1. The van der Waals surface area contributed by atoms with Crippen LogP contribution in [-0.2, 0) is 11.3 Å². The number of anilines is 1. The number of aryl methyl sites for hydroxylation is 2. The molecular formula is C43H58N8O3. The Labute approximate surface area is 319 Å². The highest BCUT2D eigenvalue weighted by atomic mass is 16.2. The predicted octanol–water partition coefficient (Wildman–Crippen LogP) is 6.54. The molecule has 3 N–H and O–H groups in total. The number of piperazine rings is 1. The van der Waals surface area contributed by atoms with E-state index in [1.54, 1.807) is 6.20 Å². The second-order valence-electron chi connectivity index (χ2n) is 16.5. The van der Waals surface area contributed by atoms with Gasteiger partial charge in [-0.05, 0) is 119 Å². The first-order chi connectivity index (χ1) is 26.1. The normalized spacial score (nSPS) is 20.4. The highest BCUT2D eigenvalue weighted by Crippen LogP contribution is 2.44. The Hall–Kier alpha value is -4.51. The molecular weight excluding hydrogens is 677 g/mol. The molecule has 2 unspecified atom stereocenters. The maximum Gasteiger partial charge on any atom is 0.253 e. The van der Waals surface area contributed by atoms with Crippen molar-refractivity contribution in [2.75, 3.05) is 44.2 Å². The summed E-state index contributed by atoms with van der Waals surface area (Å²) in [5.74, 6) is 3.62. The lowest BCUT2D eigenvalue weighted by Crippen LogP contribution is -2.48. The van der Waals surface area contributed by atoms with Crippen molar-refractivity contribution in [2.24, 2.45) is 17.8 Å². The molecule has 3 fully saturated rings. The highest BCUT2D eigenvalue weighted by molar-refractivity contribution is 6.08. The smallest absolute Gasteiger partial charge is 0.253 e. The summed E-state index contributed by atoms with van der Waals surface area (Å²) in [4.78, 5) is 51.3. The minimum absolute atomic E-state index is 0.105. The van der Waals surface area contributed by atoms with Gasteiger partial charge in [0.05, 0.1) is 17.3 Å². The van der Waals surface area contributed by atoms with Gasteiger partial charge in [-0.25, -0.2) is 4.98 Å². The van der Waals surface area contributed by atoms with E-state index in [0.717, 1.165) is 96.0 Å². The summed E-state index contributed by atoms with van der Waals surface area (Å²) >= 11 is 0. The van der Waals surface area contributed by atoms with Gasteiger partial charge in [-0.3, -0.25) is 24.0 Å². The third-order valence-electron chi connectivity index (χ3n) is 12.1. The van der Waals surface area contributed by atoms with E-state index in [0.29, 0.717) is 24.1 Å². The van der Waals surface area contributed by atoms with E-state index in [9.17, 15) is 14.4 Å². The Morgan fingerprint density at radius 2 is 1.72 bits per heavy atom. The minimum Gasteiger partial charge on any atom is -0.355 e. The molecule has 54 heavy (non-hydrogen) atoms. The van der Waals surface area contributed by atoms with E-state index in [2.05, 4.69) is 62.6 Å². The van der Waals surface area contributed by atoms with Gasteiger partial charge in [0.25, 0.3) is 11.5 Å². The summed E-state index contributed by atoms with van der Waals surface area (Å²) in [6.07, 6.45) is 15.1. The standard InChI is InChI=1S/C43H58N8O3/c1-28(2)51-39-24-35(23-36(38(39)27-47-51)42(53)46-26-37-29(3)19-30(4)48-43(37)54)34-11-12-40(45-25-34)50-17-15-49(16-18-50)14-13-44-41(52)10-6-9-33-21-31-7-5-8-32(20-31)22-33/h11-12,19,23-25,27-28,31-33H,5-10,13-18,20-22,26H2,1-4H3,(H,44,52)(H,46,53)(H,48,54). The van der Waals surface area contributed by atoms with Crippen molar-refractivity contribution in [3.63, 3.8) is 0 Å². The van der Waals surface area contributed by atoms with Gasteiger partial charge < -0.3 is 20.5 Å². The van der Waals surface area contributed by atoms with E-state index in [4.69, 9.17) is 4.98 Å². The Kier molecular flexibility index (Phi) is 11.8. The van der Waals surface area contributed by atoms with Gasteiger partial charge in [0.2, 0.25) is 5.91 Å². The number of benzene rings is 1. The number of rotatable bonds is 13. The van der Waals surface area contributed by atoms with Gasteiger partial charge in [-0.1, -0.05) is 19.3 Å². The Morgan fingerprint density at radius 1 is 0.944 bits per heavy atom. The SMILES string of the molecule is Cc1cc(C)c(CNC(=O)c2cc(-c3ccc(N4CCN(CCNC(=O)CCCC5CC6CCCC(C5)C6)CC4)nc3)cc3c2cnn3C(C)C)c(=O)[nH]1. The molecule has 0 radical (unpaired) electrons. The van der Waals surface area contributed by atoms with Crippen molar-refractivity contribution >= 4 is 28.5 Å². The second-order valence-corrected chi connectivity index (χ2v) is 16.5. The molecule has 11 heteroatoms. The van der Waals surface area contributed by atoms with E-state index in [1.165, 1.54) is 44.9 Å². The fourth-order valence-electron chi connectivity index (χ4n) is 9.32. The number of hydrogen-bond donors (Lipinski definition) is 3. The molecule has 0 spiro atoms. The first kappa shape index (κ1) is 37.8. The van der Waals surface area contributed by atoms with Gasteiger partial charge in [-0.2, -0.15) is 5.10 Å². The Balaban J connectivity index is 0.914. The first-order valence-electron chi connectivity index (χ1n) is 20.3. The summed E-state index contributed by atoms with van der Waals surface area (Å²) in [5, 5.41) is 11.5. The third-order valence-corrected chi connectivity index (χ3v) is 12.1. The van der Waals surface area contributed by atoms with Crippen LogP contribution in [0, 0.1) is 31.6 Å². The lowest BCUT2D eigenvalue weighted by molar-refractivity contribution is -0.121. The Bertz CT molecular complexity index is 1980. The molecule has 2 aliphatic carbocycles. The van der Waals surface area contributed by atoms with Gasteiger partial charge in [0.1, 0.15) is 5.82 Å². The molecule has 7 rings (SSSR count). The molecule has 2 saturated carbocycles. The molecule has 2 amide bonds. The number of carbonyl (C=O) groups excluding carboxylic acids is 2. The van der Waals surface area contributed by atoms with Crippen LogP contribution >= 0.6 is 0 Å². The summed E-state index contributed by atoms with van der Waals surface area (Å²) in [6.45, 7) is 13.1. The van der Waals surface area contributed by atoms with Crippen LogP contribution in [0.3, 0.4) is 0 Å². The number of carbonyl (C=O) groups is 2. The van der Waals surface area contributed by atoms with Crippen molar-refractivity contribution < 1.29 is 9.59 Å². The summed E-state index contributed by atoms with van der Waals surface area (Å²) in [6, 6.07) is 10.1. The average Bonchev–Trinajstić information content (AvgIpc) is 3.59. The fraction of sp³-hybridized carbons (Fsp3) is 0.558. The number of fused-ring (bicyclic) bond motifs is 3. The topological polar surface area (TPSA) is 128 Å². The van der Waals surface area contributed by atoms with Gasteiger partial charge in [0, 0.05) is 86.7 Å². The molecule has 11 nitrogen and oxygen atoms in total. The van der Waals surface area contributed by atoms with Crippen LogP contribution < -0.4 is 21.1 Å². The fourth-order valence-corrected chi connectivity index (χ4v) is 9.32. The molecule has 3 aromatic heterocycles. The molecule has 1 aromatic carbocycles. The van der Waals surface area contributed by atoms with Crippen LogP contribution in [0.2, 0.25) is 0 Å². The highest BCUT2D eigenvalue weighted by Gasteiger charge is 2.31.